The molecule has 0 saturated heterocycles. The molecule has 36 heavy (non-hydrogen) atoms. The molecule has 2 heterocycles. The van der Waals surface area contributed by atoms with Crippen molar-refractivity contribution in [3.8, 4) is 12.3 Å². The van der Waals surface area contributed by atoms with E-state index in [1.54, 1.807) is 43.3 Å². The van der Waals surface area contributed by atoms with E-state index in [4.69, 9.17) is 39.2 Å². The van der Waals surface area contributed by atoms with Crippen LogP contribution in [0.15, 0.2) is 53.9 Å². The van der Waals surface area contributed by atoms with E-state index in [1.807, 2.05) is 6.92 Å². The van der Waals surface area contributed by atoms with Gasteiger partial charge in [0.15, 0.2) is 5.60 Å². The van der Waals surface area contributed by atoms with E-state index in [0.717, 1.165) is 23.1 Å². The Morgan fingerprint density at radius 3 is 2.39 bits per heavy atom. The molecule has 1 aliphatic heterocycles. The van der Waals surface area contributed by atoms with Crippen LogP contribution in [-0.2, 0) is 15.2 Å². The number of imide groups is 1. The van der Waals surface area contributed by atoms with Gasteiger partial charge in [-0.3, -0.25) is 4.79 Å². The zero-order valence-corrected chi connectivity index (χ0v) is 21.1. The monoisotopic (exact) mass is 522 g/mol. The number of rotatable bonds is 4. The van der Waals surface area contributed by atoms with E-state index in [9.17, 15) is 9.59 Å². The van der Waals surface area contributed by atoms with Crippen LogP contribution in [0.25, 0.3) is 0 Å². The quantitative estimate of drug-likeness (QED) is 0.418. The summed E-state index contributed by atoms with van der Waals surface area (Å²) < 4.78 is 4.78. The smallest absolute Gasteiger partial charge is 0.423 e. The molecule has 8 nitrogen and oxygen atoms in total. The third-order valence-corrected chi connectivity index (χ3v) is 6.13. The largest absolute Gasteiger partial charge is 0.452 e. The Labute approximate surface area is 217 Å². The van der Waals surface area contributed by atoms with Crippen molar-refractivity contribution in [3.63, 3.8) is 0 Å². The Morgan fingerprint density at radius 2 is 1.81 bits per heavy atom. The minimum Gasteiger partial charge on any atom is -0.452 e. The molecule has 2 amide bonds. The van der Waals surface area contributed by atoms with E-state index in [1.165, 1.54) is 12.4 Å². The summed E-state index contributed by atoms with van der Waals surface area (Å²) in [4.78, 5) is 40.4. The molecule has 4 rings (SSSR count). The molecule has 0 bridgehead atoms. The number of nitrogens with zero attached hydrogens (tertiary/aromatic N) is 4. The first-order valence-electron chi connectivity index (χ1n) is 10.7. The fourth-order valence-electron chi connectivity index (χ4n) is 3.77. The second-order valence-corrected chi connectivity index (χ2v) is 9.12. The maximum Gasteiger partial charge on any atom is 0.423 e. The van der Waals surface area contributed by atoms with Gasteiger partial charge in [-0.15, -0.1) is 6.42 Å². The minimum absolute atomic E-state index is 0.154. The first-order chi connectivity index (χ1) is 17.1. The van der Waals surface area contributed by atoms with Gasteiger partial charge in [-0.1, -0.05) is 40.3 Å². The number of oxime groups is 1. The van der Waals surface area contributed by atoms with Crippen LogP contribution in [0.3, 0.4) is 0 Å². The number of halogens is 2. The number of aryl methyl sites for hydroxylation is 1. The van der Waals surface area contributed by atoms with Crippen molar-refractivity contribution < 1.29 is 19.2 Å². The van der Waals surface area contributed by atoms with Crippen molar-refractivity contribution in [2.75, 3.05) is 12.0 Å². The molecule has 0 spiro atoms. The molecule has 1 unspecified atom stereocenters. The van der Waals surface area contributed by atoms with Crippen molar-refractivity contribution in [2.24, 2.45) is 5.16 Å². The summed E-state index contributed by atoms with van der Waals surface area (Å²) in [6.07, 6.45) is 7.53. The number of ether oxygens (including phenoxy) is 1. The number of carbonyl (C=O) groups is 2. The fraction of sp³-hybridized carbons (Fsp3) is 0.192. The lowest BCUT2D eigenvalue weighted by Crippen LogP contribution is -2.38. The highest BCUT2D eigenvalue weighted by Gasteiger charge is 2.37. The topological polar surface area (TPSA) is 94.0 Å². The molecule has 1 atom stereocenters. The SMILES string of the molecule is C#Cc1cnc(N(C(=O)OC)C(=O)c2ccc(C3=NOC(C)(c4cc(Cl)cc(Cl)c4)C3)cc2C)nc1. The summed E-state index contributed by atoms with van der Waals surface area (Å²) in [5.74, 6) is 1.58. The summed E-state index contributed by atoms with van der Waals surface area (Å²) in [5, 5.41) is 5.28. The highest BCUT2D eigenvalue weighted by Crippen LogP contribution is 2.38. The van der Waals surface area contributed by atoms with Gasteiger partial charge in [-0.05, 0) is 55.3 Å². The average molecular weight is 523 g/mol. The van der Waals surface area contributed by atoms with Crippen molar-refractivity contribution in [1.82, 2.24) is 9.97 Å². The van der Waals surface area contributed by atoms with Crippen molar-refractivity contribution in [2.45, 2.75) is 25.9 Å². The number of amides is 2. The number of carbonyl (C=O) groups excluding carboxylic acids is 2. The normalized spacial score (nSPS) is 16.5. The zero-order chi connectivity index (χ0) is 26.0. The standard InChI is InChI=1S/C26H20Cl2N4O4/c1-5-16-13-29-24(30-14-16)32(25(34)35-4)23(33)21-7-6-17(8-15(21)2)22-12-26(3,36-31-22)18-9-19(27)11-20(28)10-18/h1,6-11,13-14H,12H2,2-4H3. The lowest BCUT2D eigenvalue weighted by Gasteiger charge is -2.22. The summed E-state index contributed by atoms with van der Waals surface area (Å²) in [6.45, 7) is 3.65. The van der Waals surface area contributed by atoms with E-state index in [0.29, 0.717) is 33.3 Å². The lowest BCUT2D eigenvalue weighted by atomic mass is 9.88. The van der Waals surface area contributed by atoms with Gasteiger partial charge in [0.1, 0.15) is 0 Å². The van der Waals surface area contributed by atoms with E-state index in [-0.39, 0.29) is 11.5 Å². The van der Waals surface area contributed by atoms with Crippen LogP contribution < -0.4 is 4.90 Å². The highest BCUT2D eigenvalue weighted by atomic mass is 35.5. The van der Waals surface area contributed by atoms with Crippen LogP contribution in [-0.4, -0.2) is 34.8 Å². The summed E-state index contributed by atoms with van der Waals surface area (Å²) in [6, 6.07) is 10.4. The number of hydrogen-bond acceptors (Lipinski definition) is 7. The molecule has 1 aliphatic rings. The highest BCUT2D eigenvalue weighted by molar-refractivity contribution is 6.34. The Kier molecular flexibility index (Phi) is 6.97. The average Bonchev–Trinajstić information content (AvgIpc) is 3.27. The van der Waals surface area contributed by atoms with Crippen LogP contribution in [0.5, 0.6) is 0 Å². The van der Waals surface area contributed by atoms with Crippen molar-refractivity contribution in [1.29, 1.82) is 0 Å². The molecule has 0 fully saturated rings. The van der Waals surface area contributed by atoms with Gasteiger partial charge in [-0.2, -0.15) is 4.90 Å². The molecule has 182 valence electrons. The number of hydrogen-bond donors (Lipinski definition) is 0. The minimum atomic E-state index is -0.929. The lowest BCUT2D eigenvalue weighted by molar-refractivity contribution is -0.00737. The molecular formula is C26H20Cl2N4O4. The summed E-state index contributed by atoms with van der Waals surface area (Å²) in [7, 11) is 1.16. The summed E-state index contributed by atoms with van der Waals surface area (Å²) >= 11 is 12.3. The van der Waals surface area contributed by atoms with Crippen molar-refractivity contribution >= 4 is 46.9 Å². The first-order valence-corrected chi connectivity index (χ1v) is 11.4. The fourth-order valence-corrected chi connectivity index (χ4v) is 4.30. The number of benzene rings is 2. The molecule has 10 heteroatoms. The predicted molar refractivity (Wildman–Crippen MR) is 136 cm³/mol. The third kappa shape index (κ3) is 4.89. The van der Waals surface area contributed by atoms with E-state index < -0.39 is 17.6 Å². The van der Waals surface area contributed by atoms with Crippen LogP contribution in [0.2, 0.25) is 10.0 Å². The predicted octanol–water partition coefficient (Wildman–Crippen LogP) is 5.53. The maximum atomic E-state index is 13.3. The molecule has 0 aliphatic carbocycles. The zero-order valence-electron chi connectivity index (χ0n) is 19.6. The second kappa shape index (κ2) is 9.97. The van der Waals surface area contributed by atoms with Gasteiger partial charge in [-0.25, -0.2) is 14.8 Å². The molecule has 0 radical (unpaired) electrons. The van der Waals surface area contributed by atoms with E-state index in [2.05, 4.69) is 21.0 Å². The molecular weight excluding hydrogens is 503 g/mol. The van der Waals surface area contributed by atoms with Gasteiger partial charge in [0, 0.05) is 40.0 Å². The van der Waals surface area contributed by atoms with Crippen LogP contribution >= 0.6 is 23.2 Å². The number of anilines is 1. The number of methoxy groups -OCH3 is 1. The Bertz CT molecular complexity index is 1410. The van der Waals surface area contributed by atoms with Crippen molar-refractivity contribution in [3.05, 3.63) is 86.7 Å². The Balaban J connectivity index is 1.60. The van der Waals surface area contributed by atoms with E-state index >= 15 is 0 Å². The summed E-state index contributed by atoms with van der Waals surface area (Å²) in [5.41, 5.74) is 2.77. The van der Waals surface area contributed by atoms with Gasteiger partial charge < -0.3 is 9.57 Å². The second-order valence-electron chi connectivity index (χ2n) is 8.25. The third-order valence-electron chi connectivity index (χ3n) is 5.69. The maximum absolute atomic E-state index is 13.3. The molecule has 0 saturated carbocycles. The Morgan fingerprint density at radius 1 is 1.14 bits per heavy atom. The van der Waals surface area contributed by atoms with Gasteiger partial charge >= 0.3 is 6.09 Å². The van der Waals surface area contributed by atoms with Crippen LogP contribution in [0, 0.1) is 19.3 Å². The van der Waals surface area contributed by atoms with Gasteiger partial charge in [0.05, 0.1) is 18.4 Å². The molecule has 2 aromatic carbocycles. The van der Waals surface area contributed by atoms with Crippen LogP contribution in [0.4, 0.5) is 10.7 Å². The van der Waals surface area contributed by atoms with Gasteiger partial charge in [0.2, 0.25) is 5.95 Å². The number of terminal acetylenes is 1. The molecule has 0 N–H and O–H groups in total. The van der Waals surface area contributed by atoms with Gasteiger partial charge in [0.25, 0.3) is 5.91 Å². The molecule has 3 aromatic rings. The first kappa shape index (κ1) is 25.2. The molecule has 1 aromatic heterocycles. The Hall–Kier alpha value is -3.93. The van der Waals surface area contributed by atoms with Crippen LogP contribution in [0.1, 0.15) is 46.0 Å². The number of aromatic nitrogens is 2.